The molecular formula is C22H23FN2O6S. The lowest BCUT2D eigenvalue weighted by molar-refractivity contribution is -0.0923. The number of pyridine rings is 1. The maximum Gasteiger partial charge on any atom is 0.252 e. The molecule has 1 N–H and O–H groups in total. The van der Waals surface area contributed by atoms with Crippen LogP contribution >= 0.6 is 0 Å². The van der Waals surface area contributed by atoms with E-state index >= 15 is 0 Å². The van der Waals surface area contributed by atoms with Gasteiger partial charge in [0, 0.05) is 24.7 Å². The standard InChI is InChI=1S/C22H23FN2O6S/c1-29-18-5-2-15-10-16(22(26)24-21(15)11-18)12-25(13-19-14-30-8-9-31-19)32(27,28)20-6-3-17(23)4-7-20/h2-7,10-11,19H,8-9,12-14H2,1H3,(H,24,26)/t19-/m0/s1. The van der Waals surface area contributed by atoms with E-state index in [0.29, 0.717) is 24.5 Å². The van der Waals surface area contributed by atoms with Crippen LogP contribution in [-0.4, -0.2) is 57.3 Å². The lowest BCUT2D eigenvalue weighted by atomic mass is 10.1. The number of aromatic nitrogens is 1. The summed E-state index contributed by atoms with van der Waals surface area (Å²) < 4.78 is 57.4. The first kappa shape index (κ1) is 22.4. The summed E-state index contributed by atoms with van der Waals surface area (Å²) in [5, 5.41) is 0.733. The third kappa shape index (κ3) is 4.83. The van der Waals surface area contributed by atoms with Crippen LogP contribution in [0.2, 0.25) is 0 Å². The first-order valence-electron chi connectivity index (χ1n) is 10.0. The zero-order valence-corrected chi connectivity index (χ0v) is 18.2. The number of rotatable bonds is 7. The summed E-state index contributed by atoms with van der Waals surface area (Å²) in [7, 11) is -2.51. The molecule has 3 aromatic rings. The van der Waals surface area contributed by atoms with E-state index in [1.807, 2.05) is 0 Å². The van der Waals surface area contributed by atoms with Gasteiger partial charge in [0.1, 0.15) is 11.6 Å². The van der Waals surface area contributed by atoms with Crippen LogP contribution in [0.25, 0.3) is 10.9 Å². The van der Waals surface area contributed by atoms with Crippen molar-refractivity contribution in [2.75, 3.05) is 33.5 Å². The Morgan fingerprint density at radius 3 is 2.62 bits per heavy atom. The van der Waals surface area contributed by atoms with Gasteiger partial charge < -0.3 is 19.2 Å². The molecule has 1 aliphatic rings. The fourth-order valence-corrected chi connectivity index (χ4v) is 4.98. The van der Waals surface area contributed by atoms with Crippen molar-refractivity contribution < 1.29 is 27.0 Å². The molecule has 0 unspecified atom stereocenters. The van der Waals surface area contributed by atoms with Crippen LogP contribution in [0.15, 0.2) is 58.2 Å². The van der Waals surface area contributed by atoms with E-state index in [4.69, 9.17) is 14.2 Å². The smallest absolute Gasteiger partial charge is 0.252 e. The van der Waals surface area contributed by atoms with Gasteiger partial charge in [-0.15, -0.1) is 0 Å². The van der Waals surface area contributed by atoms with Gasteiger partial charge in [0.15, 0.2) is 0 Å². The minimum Gasteiger partial charge on any atom is -0.497 e. The highest BCUT2D eigenvalue weighted by atomic mass is 32.2. The van der Waals surface area contributed by atoms with E-state index in [0.717, 1.165) is 17.5 Å². The zero-order valence-electron chi connectivity index (χ0n) is 17.4. The van der Waals surface area contributed by atoms with Crippen molar-refractivity contribution in [1.82, 2.24) is 9.29 Å². The maximum absolute atomic E-state index is 13.4. The molecule has 32 heavy (non-hydrogen) atoms. The highest BCUT2D eigenvalue weighted by Gasteiger charge is 2.30. The van der Waals surface area contributed by atoms with Crippen LogP contribution in [0, 0.1) is 5.82 Å². The van der Waals surface area contributed by atoms with Gasteiger partial charge in [-0.05, 0) is 47.9 Å². The number of benzene rings is 2. The zero-order chi connectivity index (χ0) is 22.7. The second-order valence-corrected chi connectivity index (χ2v) is 9.33. The summed E-state index contributed by atoms with van der Waals surface area (Å²) in [4.78, 5) is 15.5. The number of fused-ring (bicyclic) bond motifs is 1. The summed E-state index contributed by atoms with van der Waals surface area (Å²) >= 11 is 0. The highest BCUT2D eigenvalue weighted by Crippen LogP contribution is 2.22. The predicted octanol–water partition coefficient (Wildman–Crippen LogP) is 2.28. The average molecular weight is 462 g/mol. The molecule has 1 aromatic heterocycles. The van der Waals surface area contributed by atoms with E-state index in [9.17, 15) is 17.6 Å². The first-order chi connectivity index (χ1) is 15.4. The normalized spacial score (nSPS) is 17.0. The number of methoxy groups -OCH3 is 1. The number of ether oxygens (including phenoxy) is 3. The molecule has 0 spiro atoms. The van der Waals surface area contributed by atoms with Crippen molar-refractivity contribution in [2.45, 2.75) is 17.5 Å². The fourth-order valence-electron chi connectivity index (χ4n) is 3.53. The lowest BCUT2D eigenvalue weighted by Gasteiger charge is -2.29. The number of nitrogens with zero attached hydrogens (tertiary/aromatic N) is 1. The monoisotopic (exact) mass is 462 g/mol. The Balaban J connectivity index is 1.70. The minimum absolute atomic E-state index is 0.0141. The van der Waals surface area contributed by atoms with Crippen LogP contribution in [-0.2, 0) is 26.0 Å². The second-order valence-electron chi connectivity index (χ2n) is 7.40. The van der Waals surface area contributed by atoms with Gasteiger partial charge in [-0.25, -0.2) is 12.8 Å². The van der Waals surface area contributed by atoms with Gasteiger partial charge in [-0.1, -0.05) is 0 Å². The van der Waals surface area contributed by atoms with Crippen LogP contribution in [0.5, 0.6) is 5.75 Å². The van der Waals surface area contributed by atoms with Crippen molar-refractivity contribution in [3.63, 3.8) is 0 Å². The Bertz CT molecular complexity index is 1250. The van der Waals surface area contributed by atoms with E-state index in [-0.39, 0.29) is 30.2 Å². The summed E-state index contributed by atoms with van der Waals surface area (Å²) in [5.74, 6) is 0.0526. The van der Waals surface area contributed by atoms with Gasteiger partial charge in [-0.2, -0.15) is 4.31 Å². The fraction of sp³-hybridized carbons (Fsp3) is 0.318. The van der Waals surface area contributed by atoms with Gasteiger partial charge in [-0.3, -0.25) is 4.79 Å². The van der Waals surface area contributed by atoms with E-state index < -0.39 is 27.5 Å². The quantitative estimate of drug-likeness (QED) is 0.579. The molecule has 170 valence electrons. The maximum atomic E-state index is 13.4. The Hall–Kier alpha value is -2.79. The summed E-state index contributed by atoms with van der Waals surface area (Å²) in [5.41, 5.74) is 0.436. The topological polar surface area (TPSA) is 97.9 Å². The number of H-pyrrole nitrogens is 1. The molecule has 0 radical (unpaired) electrons. The van der Waals surface area contributed by atoms with Crippen molar-refractivity contribution in [1.29, 1.82) is 0 Å². The Labute approximate surface area is 184 Å². The molecule has 2 aromatic carbocycles. The molecule has 0 aliphatic carbocycles. The van der Waals surface area contributed by atoms with E-state index in [1.165, 1.54) is 23.5 Å². The van der Waals surface area contributed by atoms with Gasteiger partial charge in [0.2, 0.25) is 10.0 Å². The molecule has 4 rings (SSSR count). The number of halogens is 1. The molecule has 8 nitrogen and oxygen atoms in total. The Morgan fingerprint density at radius 2 is 1.94 bits per heavy atom. The highest BCUT2D eigenvalue weighted by molar-refractivity contribution is 7.89. The van der Waals surface area contributed by atoms with Crippen molar-refractivity contribution in [2.24, 2.45) is 0 Å². The summed E-state index contributed by atoms with van der Waals surface area (Å²) in [6.07, 6.45) is -0.484. The molecule has 0 amide bonds. The van der Waals surface area contributed by atoms with Crippen LogP contribution in [0.3, 0.4) is 0 Å². The molecule has 2 heterocycles. The molecule has 1 fully saturated rings. The van der Waals surface area contributed by atoms with Crippen LogP contribution in [0.1, 0.15) is 5.56 Å². The van der Waals surface area contributed by atoms with Crippen molar-refractivity contribution in [3.05, 3.63) is 70.3 Å². The Morgan fingerprint density at radius 1 is 1.16 bits per heavy atom. The van der Waals surface area contributed by atoms with Crippen LogP contribution in [0.4, 0.5) is 4.39 Å². The van der Waals surface area contributed by atoms with Gasteiger partial charge in [0.05, 0.1) is 43.4 Å². The largest absolute Gasteiger partial charge is 0.497 e. The van der Waals surface area contributed by atoms with Crippen molar-refractivity contribution in [3.8, 4) is 5.75 Å². The van der Waals surface area contributed by atoms with Crippen LogP contribution < -0.4 is 10.3 Å². The number of sulfonamides is 1. The average Bonchev–Trinajstić information content (AvgIpc) is 2.79. The molecule has 10 heteroatoms. The SMILES string of the molecule is COc1ccc2cc(CN(C[C@H]3COCCO3)S(=O)(=O)c3ccc(F)cc3)c(=O)[nH]c2c1. The lowest BCUT2D eigenvalue weighted by Crippen LogP contribution is -2.43. The second kappa shape index (κ2) is 9.37. The molecule has 0 bridgehead atoms. The number of aromatic amines is 1. The minimum atomic E-state index is -4.04. The Kier molecular flexibility index (Phi) is 6.56. The van der Waals surface area contributed by atoms with Gasteiger partial charge >= 0.3 is 0 Å². The molecule has 0 saturated carbocycles. The molecule has 1 saturated heterocycles. The number of hydrogen-bond donors (Lipinski definition) is 1. The first-order valence-corrected chi connectivity index (χ1v) is 11.5. The van der Waals surface area contributed by atoms with E-state index in [1.54, 1.807) is 24.3 Å². The molecular weight excluding hydrogens is 439 g/mol. The van der Waals surface area contributed by atoms with Crippen molar-refractivity contribution >= 4 is 20.9 Å². The molecule has 1 atom stereocenters. The summed E-state index contributed by atoms with van der Waals surface area (Å²) in [6.45, 7) is 0.836. The molecule has 1 aliphatic heterocycles. The number of nitrogens with one attached hydrogen (secondary N) is 1. The third-order valence-electron chi connectivity index (χ3n) is 5.22. The van der Waals surface area contributed by atoms with E-state index in [2.05, 4.69) is 4.98 Å². The van der Waals surface area contributed by atoms with Gasteiger partial charge in [0.25, 0.3) is 5.56 Å². The predicted molar refractivity (Wildman–Crippen MR) is 116 cm³/mol. The number of hydrogen-bond acceptors (Lipinski definition) is 6. The summed E-state index contributed by atoms with van der Waals surface area (Å²) in [6, 6.07) is 11.5. The third-order valence-corrected chi connectivity index (χ3v) is 7.05.